The largest absolute Gasteiger partial charge is 0.312 e. The van der Waals surface area contributed by atoms with Crippen molar-refractivity contribution in [3.8, 4) is 0 Å². The van der Waals surface area contributed by atoms with Crippen molar-refractivity contribution in [1.82, 2.24) is 16.0 Å². The van der Waals surface area contributed by atoms with Crippen LogP contribution in [0.3, 0.4) is 0 Å². The van der Waals surface area contributed by atoms with Crippen molar-refractivity contribution in [2.24, 2.45) is 11.8 Å². The molecule has 0 bridgehead atoms. The van der Waals surface area contributed by atoms with E-state index in [0.29, 0.717) is 12.1 Å². The number of nitrogens with one attached hydrogen (secondary N) is 3. The molecule has 0 aromatic carbocycles. The molecule has 4 saturated heterocycles. The summed E-state index contributed by atoms with van der Waals surface area (Å²) in [4.78, 5) is 0. The van der Waals surface area contributed by atoms with Gasteiger partial charge >= 0.3 is 0 Å². The van der Waals surface area contributed by atoms with Crippen LogP contribution in [0, 0.1) is 11.8 Å². The average Bonchev–Trinajstić information content (AvgIpc) is 3.18. The van der Waals surface area contributed by atoms with Gasteiger partial charge in [0.1, 0.15) is 0 Å². The molecular weight excluding hydrogens is 322 g/mol. The molecule has 0 aliphatic carbocycles. The van der Waals surface area contributed by atoms with Gasteiger partial charge in [-0.3, -0.25) is 0 Å². The summed E-state index contributed by atoms with van der Waals surface area (Å²) < 4.78 is 0. The van der Waals surface area contributed by atoms with E-state index in [4.69, 9.17) is 0 Å². The zero-order valence-corrected chi connectivity index (χ0v) is 15.9. The lowest BCUT2D eigenvalue weighted by atomic mass is 9.75. The van der Waals surface area contributed by atoms with Crippen LogP contribution in [0.4, 0.5) is 0 Å². The first kappa shape index (κ1) is 17.0. The molecule has 0 saturated carbocycles. The van der Waals surface area contributed by atoms with Gasteiger partial charge in [-0.15, -0.1) is 0 Å². The number of piperidine rings is 3. The quantitative estimate of drug-likeness (QED) is 0.679. The highest BCUT2D eigenvalue weighted by atomic mass is 33.1. The van der Waals surface area contributed by atoms with E-state index in [1.165, 1.54) is 76.0 Å². The topological polar surface area (TPSA) is 36.1 Å². The third-order valence-corrected chi connectivity index (χ3v) is 9.14. The van der Waals surface area contributed by atoms with E-state index in [0.717, 1.165) is 23.9 Å². The molecule has 3 N–H and O–H groups in total. The Morgan fingerprint density at radius 2 is 1.17 bits per heavy atom. The van der Waals surface area contributed by atoms with Gasteiger partial charge in [-0.1, -0.05) is 34.4 Å². The highest BCUT2D eigenvalue weighted by Crippen LogP contribution is 2.43. The van der Waals surface area contributed by atoms with Crippen molar-refractivity contribution in [3.63, 3.8) is 0 Å². The minimum atomic E-state index is 0.707. The Hall–Kier alpha value is 0.580. The fourth-order valence-corrected chi connectivity index (χ4v) is 8.24. The van der Waals surface area contributed by atoms with Crippen molar-refractivity contribution in [3.05, 3.63) is 0 Å². The van der Waals surface area contributed by atoms with E-state index in [1.54, 1.807) is 0 Å². The molecule has 5 heteroatoms. The fraction of sp³-hybridized carbons (Fsp3) is 1.00. The van der Waals surface area contributed by atoms with E-state index in [9.17, 15) is 0 Å². The van der Waals surface area contributed by atoms with E-state index in [-0.39, 0.29) is 0 Å². The molecule has 4 fully saturated rings. The van der Waals surface area contributed by atoms with Crippen LogP contribution in [-0.4, -0.2) is 48.8 Å². The molecule has 4 rings (SSSR count). The Balaban J connectivity index is 1.44. The summed E-state index contributed by atoms with van der Waals surface area (Å²) in [6.07, 6.45) is 11.2. The summed E-state index contributed by atoms with van der Waals surface area (Å²) in [5.41, 5.74) is 0. The van der Waals surface area contributed by atoms with E-state index in [1.807, 2.05) is 0 Å². The first-order valence-corrected chi connectivity index (χ1v) is 12.4. The van der Waals surface area contributed by atoms with Gasteiger partial charge in [0.2, 0.25) is 0 Å². The van der Waals surface area contributed by atoms with Crippen molar-refractivity contribution in [2.75, 3.05) is 24.6 Å². The summed E-state index contributed by atoms with van der Waals surface area (Å²) in [6.45, 7) is 2.46. The average molecular weight is 356 g/mol. The second kappa shape index (κ2) is 8.31. The summed E-state index contributed by atoms with van der Waals surface area (Å²) in [5.74, 6) is 4.70. The van der Waals surface area contributed by atoms with Crippen LogP contribution in [-0.2, 0) is 0 Å². The SMILES string of the molecule is C1CCC(C2CC(C3CSSC3)CC(C3CCCCN3)N2)NC1. The van der Waals surface area contributed by atoms with Crippen LogP contribution in [0.15, 0.2) is 0 Å². The lowest BCUT2D eigenvalue weighted by molar-refractivity contribution is 0.134. The predicted octanol–water partition coefficient (Wildman–Crippen LogP) is 3.02. The molecule has 4 unspecified atom stereocenters. The summed E-state index contributed by atoms with van der Waals surface area (Å²) in [7, 11) is 4.23. The van der Waals surface area contributed by atoms with E-state index < -0.39 is 0 Å². The van der Waals surface area contributed by atoms with Gasteiger partial charge in [-0.25, -0.2) is 0 Å². The molecule has 4 aliphatic rings. The number of hydrogen-bond acceptors (Lipinski definition) is 5. The number of hydrogen-bond donors (Lipinski definition) is 3. The summed E-state index contributed by atoms with van der Waals surface area (Å²) in [5, 5.41) is 11.8. The Labute approximate surface area is 149 Å². The first-order chi connectivity index (χ1) is 11.4. The van der Waals surface area contributed by atoms with Gasteiger partial charge in [-0.2, -0.15) is 0 Å². The van der Waals surface area contributed by atoms with Gasteiger partial charge in [0.25, 0.3) is 0 Å². The van der Waals surface area contributed by atoms with Crippen LogP contribution in [0.25, 0.3) is 0 Å². The third kappa shape index (κ3) is 4.22. The molecule has 132 valence electrons. The van der Waals surface area contributed by atoms with Crippen LogP contribution in [0.2, 0.25) is 0 Å². The van der Waals surface area contributed by atoms with Gasteiger partial charge in [0.05, 0.1) is 0 Å². The van der Waals surface area contributed by atoms with Crippen LogP contribution in [0.5, 0.6) is 0 Å². The first-order valence-electron chi connectivity index (χ1n) is 9.87. The molecule has 4 heterocycles. The van der Waals surface area contributed by atoms with Gasteiger partial charge in [-0.05, 0) is 63.5 Å². The monoisotopic (exact) mass is 355 g/mol. The Morgan fingerprint density at radius 1 is 0.609 bits per heavy atom. The van der Waals surface area contributed by atoms with Crippen LogP contribution >= 0.6 is 21.6 Å². The van der Waals surface area contributed by atoms with Crippen molar-refractivity contribution >= 4 is 21.6 Å². The predicted molar refractivity (Wildman–Crippen MR) is 103 cm³/mol. The van der Waals surface area contributed by atoms with Gasteiger partial charge < -0.3 is 16.0 Å². The minimum Gasteiger partial charge on any atom is -0.312 e. The maximum atomic E-state index is 4.11. The van der Waals surface area contributed by atoms with Gasteiger partial charge in [0, 0.05) is 35.7 Å². The van der Waals surface area contributed by atoms with Crippen LogP contribution < -0.4 is 16.0 Å². The zero-order valence-electron chi connectivity index (χ0n) is 14.3. The molecule has 3 nitrogen and oxygen atoms in total. The molecular formula is C18H33N3S2. The Morgan fingerprint density at radius 3 is 1.65 bits per heavy atom. The smallest absolute Gasteiger partial charge is 0.0227 e. The molecule has 4 atom stereocenters. The second-order valence-electron chi connectivity index (χ2n) is 8.05. The molecule has 0 amide bonds. The Bertz CT molecular complexity index is 337. The summed E-state index contributed by atoms with van der Waals surface area (Å²) >= 11 is 0. The Kier molecular flexibility index (Phi) is 6.15. The second-order valence-corrected chi connectivity index (χ2v) is 10.6. The fourth-order valence-electron chi connectivity index (χ4n) is 5.14. The van der Waals surface area contributed by atoms with Gasteiger partial charge in [0.15, 0.2) is 0 Å². The normalized spacial score (nSPS) is 43.6. The van der Waals surface area contributed by atoms with E-state index >= 15 is 0 Å². The number of rotatable bonds is 3. The molecule has 0 aromatic heterocycles. The van der Waals surface area contributed by atoms with Crippen molar-refractivity contribution in [1.29, 1.82) is 0 Å². The standard InChI is InChI=1S/C18H33N3S2/c1-3-7-19-15(5-1)17-9-13(14-11-22-23-12-14)10-18(21-17)16-6-2-4-8-20-16/h13-21H,1-12H2. The van der Waals surface area contributed by atoms with E-state index in [2.05, 4.69) is 37.5 Å². The molecule has 23 heavy (non-hydrogen) atoms. The molecule has 4 aliphatic heterocycles. The lowest BCUT2D eigenvalue weighted by Gasteiger charge is -2.46. The third-order valence-electron chi connectivity index (χ3n) is 6.52. The molecule has 0 radical (unpaired) electrons. The van der Waals surface area contributed by atoms with Crippen LogP contribution in [0.1, 0.15) is 51.4 Å². The van der Waals surface area contributed by atoms with Crippen molar-refractivity contribution < 1.29 is 0 Å². The highest BCUT2D eigenvalue weighted by Gasteiger charge is 2.40. The zero-order chi connectivity index (χ0) is 15.5. The highest BCUT2D eigenvalue weighted by molar-refractivity contribution is 8.77. The maximum absolute atomic E-state index is 4.11. The summed E-state index contributed by atoms with van der Waals surface area (Å²) in [6, 6.07) is 2.86. The molecule has 0 aromatic rings. The molecule has 0 spiro atoms. The minimum absolute atomic E-state index is 0.707. The maximum Gasteiger partial charge on any atom is 0.0227 e. The van der Waals surface area contributed by atoms with Crippen molar-refractivity contribution in [2.45, 2.75) is 75.5 Å². The lowest BCUT2D eigenvalue weighted by Crippen LogP contribution is -2.62.